The molecule has 0 radical (unpaired) electrons. The van der Waals surface area contributed by atoms with Crippen LogP contribution in [0.5, 0.6) is 0 Å². The number of fused-ring (bicyclic) bond motifs is 1. The third-order valence-corrected chi connectivity index (χ3v) is 4.40. The van der Waals surface area contributed by atoms with Crippen molar-refractivity contribution in [3.63, 3.8) is 0 Å². The normalized spacial score (nSPS) is 12.6. The van der Waals surface area contributed by atoms with Crippen LogP contribution in [0.4, 0.5) is 0 Å². The molecule has 0 spiro atoms. The van der Waals surface area contributed by atoms with Crippen LogP contribution in [0.2, 0.25) is 5.02 Å². The Hall–Kier alpha value is -1.42. The number of nitrogens with zero attached hydrogens (tertiary/aromatic N) is 1. The SMILES string of the molecule is OC(c1ccc(Cl)c(Br)c1)c1cnc2ccccc2c1. The summed E-state index contributed by atoms with van der Waals surface area (Å²) in [5.74, 6) is 0. The van der Waals surface area contributed by atoms with E-state index in [2.05, 4.69) is 20.9 Å². The highest BCUT2D eigenvalue weighted by Crippen LogP contribution is 2.29. The summed E-state index contributed by atoms with van der Waals surface area (Å²) in [5.41, 5.74) is 2.46. The van der Waals surface area contributed by atoms with E-state index in [1.165, 1.54) is 0 Å². The van der Waals surface area contributed by atoms with Crippen LogP contribution in [0.3, 0.4) is 0 Å². The Kier molecular flexibility index (Phi) is 3.74. The highest BCUT2D eigenvalue weighted by atomic mass is 79.9. The second-order valence-corrected chi connectivity index (χ2v) is 5.80. The van der Waals surface area contributed by atoms with Crippen molar-refractivity contribution in [3.05, 3.63) is 75.4 Å². The minimum Gasteiger partial charge on any atom is -0.384 e. The van der Waals surface area contributed by atoms with Crippen molar-refractivity contribution >= 4 is 38.4 Å². The number of halogens is 2. The van der Waals surface area contributed by atoms with Crippen LogP contribution in [0, 0.1) is 0 Å². The molecule has 1 heterocycles. The number of hydrogen-bond acceptors (Lipinski definition) is 2. The summed E-state index contributed by atoms with van der Waals surface area (Å²) in [6, 6.07) is 15.2. The quantitative estimate of drug-likeness (QED) is 0.726. The molecule has 3 aromatic rings. The van der Waals surface area contributed by atoms with Gasteiger partial charge in [0, 0.05) is 21.6 Å². The predicted octanol–water partition coefficient (Wildman–Crippen LogP) is 4.73. The second kappa shape index (κ2) is 5.52. The number of hydrogen-bond donors (Lipinski definition) is 1. The van der Waals surface area contributed by atoms with Crippen LogP contribution in [-0.4, -0.2) is 10.1 Å². The van der Waals surface area contributed by atoms with Gasteiger partial charge in [0.05, 0.1) is 10.5 Å². The topological polar surface area (TPSA) is 33.1 Å². The highest BCUT2D eigenvalue weighted by molar-refractivity contribution is 9.10. The number of aliphatic hydroxyl groups excluding tert-OH is 1. The first-order valence-electron chi connectivity index (χ1n) is 6.13. The van der Waals surface area contributed by atoms with Gasteiger partial charge in [0.1, 0.15) is 6.10 Å². The predicted molar refractivity (Wildman–Crippen MR) is 85.0 cm³/mol. The fraction of sp³-hybridized carbons (Fsp3) is 0.0625. The number of benzene rings is 2. The second-order valence-electron chi connectivity index (χ2n) is 4.54. The lowest BCUT2D eigenvalue weighted by atomic mass is 10.0. The van der Waals surface area contributed by atoms with Gasteiger partial charge in [0.2, 0.25) is 0 Å². The highest BCUT2D eigenvalue weighted by Gasteiger charge is 2.12. The molecule has 1 atom stereocenters. The molecule has 3 rings (SSSR count). The van der Waals surface area contributed by atoms with Crippen LogP contribution in [-0.2, 0) is 0 Å². The van der Waals surface area contributed by atoms with E-state index in [1.54, 1.807) is 12.3 Å². The Morgan fingerprint density at radius 3 is 2.65 bits per heavy atom. The molecule has 0 amide bonds. The number of aromatic nitrogens is 1. The fourth-order valence-electron chi connectivity index (χ4n) is 2.11. The molecule has 0 saturated heterocycles. The Morgan fingerprint density at radius 1 is 1.05 bits per heavy atom. The standard InChI is InChI=1S/C16H11BrClNO/c17-13-8-11(5-6-14(13)18)16(20)12-7-10-3-1-2-4-15(10)19-9-12/h1-9,16,20H. The molecule has 1 aromatic heterocycles. The zero-order valence-electron chi connectivity index (χ0n) is 10.4. The van der Waals surface area contributed by atoms with Crippen LogP contribution in [0.15, 0.2) is 59.2 Å². The lowest BCUT2D eigenvalue weighted by Gasteiger charge is -2.12. The number of aliphatic hydroxyl groups is 1. The van der Waals surface area contributed by atoms with Crippen molar-refractivity contribution in [3.8, 4) is 0 Å². The van der Waals surface area contributed by atoms with Gasteiger partial charge in [0.25, 0.3) is 0 Å². The van der Waals surface area contributed by atoms with Gasteiger partial charge in [0.15, 0.2) is 0 Å². The van der Waals surface area contributed by atoms with E-state index in [-0.39, 0.29) is 0 Å². The molecule has 0 aliphatic rings. The summed E-state index contributed by atoms with van der Waals surface area (Å²) in [6.45, 7) is 0. The average molecular weight is 349 g/mol. The molecule has 0 aliphatic carbocycles. The van der Waals surface area contributed by atoms with E-state index in [4.69, 9.17) is 11.6 Å². The van der Waals surface area contributed by atoms with Crippen molar-refractivity contribution < 1.29 is 5.11 Å². The molecule has 1 N–H and O–H groups in total. The molecule has 20 heavy (non-hydrogen) atoms. The zero-order valence-corrected chi connectivity index (χ0v) is 12.8. The Morgan fingerprint density at radius 2 is 1.85 bits per heavy atom. The van der Waals surface area contributed by atoms with Gasteiger partial charge in [-0.1, -0.05) is 35.9 Å². The summed E-state index contributed by atoms with van der Waals surface area (Å²) in [7, 11) is 0. The maximum absolute atomic E-state index is 10.5. The molecule has 1 unspecified atom stereocenters. The monoisotopic (exact) mass is 347 g/mol. The van der Waals surface area contributed by atoms with Crippen LogP contribution >= 0.6 is 27.5 Å². The summed E-state index contributed by atoms with van der Waals surface area (Å²) in [4.78, 5) is 4.37. The fourth-order valence-corrected chi connectivity index (χ4v) is 2.63. The molecule has 0 aliphatic heterocycles. The maximum atomic E-state index is 10.5. The number of pyridine rings is 1. The number of rotatable bonds is 2. The molecule has 0 bridgehead atoms. The molecule has 2 aromatic carbocycles. The van der Waals surface area contributed by atoms with Crippen molar-refractivity contribution in [2.45, 2.75) is 6.10 Å². The minimum atomic E-state index is -0.722. The van der Waals surface area contributed by atoms with Gasteiger partial charge in [-0.2, -0.15) is 0 Å². The van der Waals surface area contributed by atoms with E-state index >= 15 is 0 Å². The van der Waals surface area contributed by atoms with E-state index in [9.17, 15) is 5.11 Å². The summed E-state index contributed by atoms with van der Waals surface area (Å²) < 4.78 is 0.768. The van der Waals surface area contributed by atoms with Gasteiger partial charge >= 0.3 is 0 Å². The van der Waals surface area contributed by atoms with E-state index < -0.39 is 6.10 Å². The van der Waals surface area contributed by atoms with Crippen molar-refractivity contribution in [1.29, 1.82) is 0 Å². The molecule has 4 heteroatoms. The van der Waals surface area contributed by atoms with Crippen molar-refractivity contribution in [2.24, 2.45) is 0 Å². The lowest BCUT2D eigenvalue weighted by molar-refractivity contribution is 0.220. The molecule has 100 valence electrons. The first-order chi connectivity index (χ1) is 9.65. The Bertz CT molecular complexity index is 775. The van der Waals surface area contributed by atoms with Crippen molar-refractivity contribution in [2.75, 3.05) is 0 Å². The maximum Gasteiger partial charge on any atom is 0.106 e. The van der Waals surface area contributed by atoms with Gasteiger partial charge in [-0.05, 0) is 45.8 Å². The molecular formula is C16H11BrClNO. The third kappa shape index (κ3) is 2.57. The zero-order chi connectivity index (χ0) is 14.1. The van der Waals surface area contributed by atoms with Crippen LogP contribution < -0.4 is 0 Å². The van der Waals surface area contributed by atoms with Gasteiger partial charge in [-0.3, -0.25) is 4.98 Å². The summed E-state index contributed by atoms with van der Waals surface area (Å²) in [5, 5.41) is 12.1. The molecule has 0 fully saturated rings. The first kappa shape index (κ1) is 13.6. The van der Waals surface area contributed by atoms with Crippen molar-refractivity contribution in [1.82, 2.24) is 4.98 Å². The van der Waals surface area contributed by atoms with Crippen LogP contribution in [0.1, 0.15) is 17.2 Å². The number of para-hydroxylation sites is 1. The smallest absolute Gasteiger partial charge is 0.106 e. The molecule has 2 nitrogen and oxygen atoms in total. The average Bonchev–Trinajstić information content (AvgIpc) is 2.49. The first-order valence-corrected chi connectivity index (χ1v) is 7.30. The molecule has 0 saturated carbocycles. The van der Waals surface area contributed by atoms with Gasteiger partial charge in [-0.15, -0.1) is 0 Å². The third-order valence-electron chi connectivity index (χ3n) is 3.19. The van der Waals surface area contributed by atoms with Gasteiger partial charge in [-0.25, -0.2) is 0 Å². The Labute approximate surface area is 130 Å². The van der Waals surface area contributed by atoms with Crippen LogP contribution in [0.25, 0.3) is 10.9 Å². The van der Waals surface area contributed by atoms with Gasteiger partial charge < -0.3 is 5.11 Å². The minimum absolute atomic E-state index is 0.623. The summed E-state index contributed by atoms with van der Waals surface area (Å²) in [6.07, 6.45) is 0.982. The lowest BCUT2D eigenvalue weighted by Crippen LogP contribution is -2.00. The largest absolute Gasteiger partial charge is 0.384 e. The molecular weight excluding hydrogens is 338 g/mol. The van der Waals surface area contributed by atoms with E-state index in [0.29, 0.717) is 5.02 Å². The van der Waals surface area contributed by atoms with E-state index in [1.807, 2.05) is 42.5 Å². The summed E-state index contributed by atoms with van der Waals surface area (Å²) >= 11 is 9.34. The Balaban J connectivity index is 2.02. The van der Waals surface area contributed by atoms with E-state index in [0.717, 1.165) is 26.5 Å².